The zero-order valence-corrected chi connectivity index (χ0v) is 32.3. The van der Waals surface area contributed by atoms with Crippen LogP contribution >= 0.6 is 0 Å². The SMILES string of the molecule is CC/C=C\COC[C@H](C)COCCCCCCCCOC1CC[C@@]2(C)C(=CC[C@H]3[C@@H]4CC[C@H]([C@H](C)CCCC(C)C)[C@@]4(C)CC[C@@H]32)C1. The van der Waals surface area contributed by atoms with Crippen molar-refractivity contribution in [2.75, 3.05) is 33.0 Å². The number of unbranched alkanes of at least 4 members (excludes halogenated alkanes) is 5. The second-order valence-corrected chi connectivity index (χ2v) is 17.7. The lowest BCUT2D eigenvalue weighted by Gasteiger charge is -2.58. The lowest BCUT2D eigenvalue weighted by atomic mass is 9.47. The number of fused-ring (bicyclic) bond motifs is 5. The number of allylic oxidation sites excluding steroid dienone is 2. The highest BCUT2D eigenvalue weighted by Gasteiger charge is 2.59. The average molecular weight is 655 g/mol. The van der Waals surface area contributed by atoms with Gasteiger partial charge >= 0.3 is 0 Å². The second kappa shape index (κ2) is 19.7. The van der Waals surface area contributed by atoms with Gasteiger partial charge in [0.15, 0.2) is 0 Å². The molecule has 1 unspecified atom stereocenters. The molecule has 4 rings (SSSR count). The summed E-state index contributed by atoms with van der Waals surface area (Å²) in [5.74, 6) is 5.99. The molecule has 0 aromatic heterocycles. The first-order valence-electron chi connectivity index (χ1n) is 20.8. The van der Waals surface area contributed by atoms with E-state index < -0.39 is 0 Å². The van der Waals surface area contributed by atoms with Crippen molar-refractivity contribution in [3.63, 3.8) is 0 Å². The topological polar surface area (TPSA) is 27.7 Å². The molecule has 3 nitrogen and oxygen atoms in total. The zero-order valence-electron chi connectivity index (χ0n) is 32.3. The molecule has 4 aliphatic carbocycles. The van der Waals surface area contributed by atoms with Crippen LogP contribution in [-0.4, -0.2) is 39.1 Å². The molecular weight excluding hydrogens is 576 g/mol. The fourth-order valence-electron chi connectivity index (χ4n) is 11.0. The molecule has 0 aliphatic heterocycles. The Morgan fingerprint density at radius 2 is 1.53 bits per heavy atom. The molecule has 4 aliphatic rings. The van der Waals surface area contributed by atoms with Gasteiger partial charge in [-0.1, -0.05) is 117 Å². The molecule has 3 saturated carbocycles. The van der Waals surface area contributed by atoms with Crippen molar-refractivity contribution in [3.8, 4) is 0 Å². The van der Waals surface area contributed by atoms with E-state index >= 15 is 0 Å². The van der Waals surface area contributed by atoms with Crippen molar-refractivity contribution < 1.29 is 14.2 Å². The highest BCUT2D eigenvalue weighted by atomic mass is 16.5. The van der Waals surface area contributed by atoms with Crippen LogP contribution in [0.1, 0.15) is 164 Å². The summed E-state index contributed by atoms with van der Waals surface area (Å²) >= 11 is 0. The minimum absolute atomic E-state index is 0.437. The van der Waals surface area contributed by atoms with Gasteiger partial charge in [0.25, 0.3) is 0 Å². The first kappa shape index (κ1) is 39.2. The Morgan fingerprint density at radius 3 is 2.30 bits per heavy atom. The number of hydrogen-bond acceptors (Lipinski definition) is 3. The van der Waals surface area contributed by atoms with Gasteiger partial charge in [-0.25, -0.2) is 0 Å². The molecule has 0 amide bonds. The summed E-state index contributed by atoms with van der Waals surface area (Å²) in [5, 5.41) is 0. The van der Waals surface area contributed by atoms with Gasteiger partial charge in [0.05, 0.1) is 25.9 Å². The van der Waals surface area contributed by atoms with Crippen LogP contribution in [0.5, 0.6) is 0 Å². The average Bonchev–Trinajstić information content (AvgIpc) is 3.40. The Hall–Kier alpha value is -0.640. The van der Waals surface area contributed by atoms with E-state index in [0.29, 0.717) is 22.9 Å². The van der Waals surface area contributed by atoms with Crippen molar-refractivity contribution in [1.82, 2.24) is 0 Å². The Bertz CT molecular complexity index is 938. The Morgan fingerprint density at radius 1 is 0.787 bits per heavy atom. The van der Waals surface area contributed by atoms with Crippen LogP contribution in [0.4, 0.5) is 0 Å². The molecule has 3 fully saturated rings. The molecule has 0 bridgehead atoms. The smallest absolute Gasteiger partial charge is 0.0647 e. The van der Waals surface area contributed by atoms with Gasteiger partial charge in [-0.3, -0.25) is 0 Å². The van der Waals surface area contributed by atoms with Crippen LogP contribution in [0.3, 0.4) is 0 Å². The quantitative estimate of drug-likeness (QED) is 0.0859. The maximum Gasteiger partial charge on any atom is 0.0647 e. The van der Waals surface area contributed by atoms with Crippen LogP contribution < -0.4 is 0 Å². The van der Waals surface area contributed by atoms with Gasteiger partial charge in [-0.15, -0.1) is 0 Å². The van der Waals surface area contributed by atoms with Crippen molar-refractivity contribution in [2.45, 2.75) is 170 Å². The first-order chi connectivity index (χ1) is 22.7. The Labute approximate surface area is 292 Å². The molecule has 0 heterocycles. The van der Waals surface area contributed by atoms with Crippen molar-refractivity contribution in [3.05, 3.63) is 23.8 Å². The van der Waals surface area contributed by atoms with E-state index in [1.807, 2.05) is 0 Å². The summed E-state index contributed by atoms with van der Waals surface area (Å²) in [6, 6.07) is 0. The van der Waals surface area contributed by atoms with Gasteiger partial charge < -0.3 is 14.2 Å². The number of hydrogen-bond donors (Lipinski definition) is 0. The highest BCUT2D eigenvalue weighted by molar-refractivity contribution is 5.25. The predicted octanol–water partition coefficient (Wildman–Crippen LogP) is 12.4. The Kier molecular flexibility index (Phi) is 16.4. The van der Waals surface area contributed by atoms with E-state index in [2.05, 4.69) is 66.7 Å². The van der Waals surface area contributed by atoms with Crippen LogP contribution in [0, 0.1) is 52.3 Å². The van der Waals surface area contributed by atoms with Gasteiger partial charge in [-0.05, 0) is 117 Å². The second-order valence-electron chi connectivity index (χ2n) is 17.7. The summed E-state index contributed by atoms with van der Waals surface area (Å²) in [7, 11) is 0. The van der Waals surface area contributed by atoms with E-state index in [-0.39, 0.29) is 0 Å². The summed E-state index contributed by atoms with van der Waals surface area (Å²) < 4.78 is 18.1. The van der Waals surface area contributed by atoms with Gasteiger partial charge in [0, 0.05) is 19.1 Å². The maximum atomic E-state index is 6.54. The van der Waals surface area contributed by atoms with E-state index in [4.69, 9.17) is 14.2 Å². The molecule has 0 N–H and O–H groups in total. The van der Waals surface area contributed by atoms with E-state index in [0.717, 1.165) is 75.0 Å². The molecule has 0 radical (unpaired) electrons. The molecule has 0 saturated heterocycles. The zero-order chi connectivity index (χ0) is 33.7. The molecule has 0 aromatic rings. The number of rotatable bonds is 22. The van der Waals surface area contributed by atoms with Crippen LogP contribution in [-0.2, 0) is 14.2 Å². The Balaban J connectivity index is 1.08. The standard InChI is InChI=1S/C44H78O3/c1-8-9-14-28-45-32-35(4)33-46-29-15-12-10-11-13-16-30-47-38-24-26-43(6)37(31-38)20-21-39-41-23-22-40(36(5)19-17-18-34(2)3)44(41,7)27-25-42(39)43/h9,14,20,34-36,38-42H,8,10-13,15-19,21-33H2,1-7H3/b14-9-/t35-,36+,38?,39-,40+,41-,42-,43-,44+/m0/s1. The highest BCUT2D eigenvalue weighted by Crippen LogP contribution is 2.67. The number of ether oxygens (including phenoxy) is 3. The molecule has 0 spiro atoms. The summed E-state index contributed by atoms with van der Waals surface area (Å²) in [6.45, 7) is 21.3. The van der Waals surface area contributed by atoms with Crippen molar-refractivity contribution in [2.24, 2.45) is 52.3 Å². The lowest BCUT2D eigenvalue weighted by Crippen LogP contribution is -2.51. The molecule has 9 atom stereocenters. The third-order valence-electron chi connectivity index (χ3n) is 13.7. The van der Waals surface area contributed by atoms with Crippen LogP contribution in [0.15, 0.2) is 23.8 Å². The maximum absolute atomic E-state index is 6.54. The predicted molar refractivity (Wildman–Crippen MR) is 201 cm³/mol. The fourth-order valence-corrected chi connectivity index (χ4v) is 11.0. The van der Waals surface area contributed by atoms with Gasteiger partial charge in [0.1, 0.15) is 0 Å². The normalized spacial score (nSPS) is 33.4. The molecule has 0 aromatic carbocycles. The third kappa shape index (κ3) is 10.9. The summed E-state index contributed by atoms with van der Waals surface area (Å²) in [4.78, 5) is 0. The minimum atomic E-state index is 0.437. The van der Waals surface area contributed by atoms with E-state index in [9.17, 15) is 0 Å². The van der Waals surface area contributed by atoms with Crippen molar-refractivity contribution in [1.29, 1.82) is 0 Å². The van der Waals surface area contributed by atoms with Gasteiger partial charge in [0.2, 0.25) is 0 Å². The van der Waals surface area contributed by atoms with Crippen LogP contribution in [0.2, 0.25) is 0 Å². The monoisotopic (exact) mass is 655 g/mol. The lowest BCUT2D eigenvalue weighted by molar-refractivity contribution is -0.0641. The molecular formula is C44H78O3. The molecule has 47 heavy (non-hydrogen) atoms. The fraction of sp³-hybridized carbons (Fsp3) is 0.909. The third-order valence-corrected chi connectivity index (χ3v) is 13.7. The van der Waals surface area contributed by atoms with Gasteiger partial charge in [-0.2, -0.15) is 0 Å². The minimum Gasteiger partial charge on any atom is -0.381 e. The summed E-state index contributed by atoms with van der Waals surface area (Å²) in [6.07, 6.45) is 31.6. The molecule has 3 heteroatoms. The van der Waals surface area contributed by atoms with Crippen LogP contribution in [0.25, 0.3) is 0 Å². The van der Waals surface area contributed by atoms with E-state index in [1.54, 1.807) is 5.57 Å². The molecule has 272 valence electrons. The van der Waals surface area contributed by atoms with Crippen molar-refractivity contribution >= 4 is 0 Å². The largest absolute Gasteiger partial charge is 0.381 e. The first-order valence-corrected chi connectivity index (χ1v) is 20.8. The van der Waals surface area contributed by atoms with E-state index in [1.165, 1.54) is 109 Å². The summed E-state index contributed by atoms with van der Waals surface area (Å²) in [5.41, 5.74) is 2.81.